The third-order valence-corrected chi connectivity index (χ3v) is 2.93. The highest BCUT2D eigenvalue weighted by Crippen LogP contribution is 2.20. The summed E-state index contributed by atoms with van der Waals surface area (Å²) in [6.45, 7) is 7.80. The smallest absolute Gasteiger partial charge is 0.189 e. The van der Waals surface area contributed by atoms with Gasteiger partial charge in [-0.2, -0.15) is 0 Å². The minimum Gasteiger partial charge on any atom is -0.326 e. The summed E-state index contributed by atoms with van der Waals surface area (Å²) in [5, 5.41) is 0. The van der Waals surface area contributed by atoms with Crippen LogP contribution in [0.4, 0.5) is 5.69 Å². The lowest BCUT2D eigenvalue weighted by Gasteiger charge is -2.04. The number of aromatic nitrogens is 2. The van der Waals surface area contributed by atoms with E-state index in [4.69, 9.17) is 6.57 Å². The first-order chi connectivity index (χ1) is 8.86. The van der Waals surface area contributed by atoms with Crippen molar-refractivity contribution in [2.75, 3.05) is 0 Å². The largest absolute Gasteiger partial charge is 0.326 e. The first-order valence-electron chi connectivity index (χ1n) is 5.73. The second-order valence-corrected chi connectivity index (χ2v) is 4.14. The molecule has 18 heavy (non-hydrogen) atoms. The Kier molecular flexibility index (Phi) is 2.54. The highest BCUT2D eigenvalue weighted by molar-refractivity contribution is 5.79. The molecule has 3 nitrogen and oxygen atoms in total. The van der Waals surface area contributed by atoms with Crippen molar-refractivity contribution in [3.05, 3.63) is 71.8 Å². The molecule has 0 bridgehead atoms. The van der Waals surface area contributed by atoms with Crippen LogP contribution in [-0.4, -0.2) is 9.55 Å². The van der Waals surface area contributed by atoms with Crippen LogP contribution in [0.5, 0.6) is 0 Å². The van der Waals surface area contributed by atoms with Crippen molar-refractivity contribution in [3.8, 4) is 0 Å². The molecule has 0 atom stereocenters. The molecule has 0 amide bonds. The van der Waals surface area contributed by atoms with Crippen LogP contribution in [0, 0.1) is 6.57 Å². The van der Waals surface area contributed by atoms with Gasteiger partial charge in [-0.05, 0) is 17.7 Å². The molecule has 0 saturated carbocycles. The van der Waals surface area contributed by atoms with Gasteiger partial charge in [0.05, 0.1) is 23.9 Å². The van der Waals surface area contributed by atoms with Gasteiger partial charge in [0, 0.05) is 6.54 Å². The van der Waals surface area contributed by atoms with Gasteiger partial charge in [0.1, 0.15) is 0 Å². The molecule has 3 rings (SSSR count). The Morgan fingerprint density at radius 2 is 1.94 bits per heavy atom. The average molecular weight is 233 g/mol. The molecular weight excluding hydrogens is 222 g/mol. The lowest BCUT2D eigenvalue weighted by molar-refractivity contribution is 0.824. The second kappa shape index (κ2) is 4.34. The molecule has 0 fully saturated rings. The molecule has 3 heteroatoms. The zero-order valence-electron chi connectivity index (χ0n) is 9.74. The lowest BCUT2D eigenvalue weighted by Crippen LogP contribution is -1.97. The van der Waals surface area contributed by atoms with Gasteiger partial charge < -0.3 is 4.57 Å². The SMILES string of the molecule is [C-]#[N+]c1ccc2c(c1)ncn2Cc1ccccc1. The van der Waals surface area contributed by atoms with E-state index >= 15 is 0 Å². The Labute approximate surface area is 105 Å². The van der Waals surface area contributed by atoms with Crippen LogP contribution in [0.3, 0.4) is 0 Å². The van der Waals surface area contributed by atoms with Crippen LogP contribution < -0.4 is 0 Å². The Balaban J connectivity index is 2.01. The Bertz CT molecular complexity index is 720. The van der Waals surface area contributed by atoms with E-state index in [2.05, 4.69) is 26.5 Å². The molecule has 2 aromatic carbocycles. The van der Waals surface area contributed by atoms with Gasteiger partial charge in [-0.1, -0.05) is 36.4 Å². The third kappa shape index (κ3) is 1.85. The van der Waals surface area contributed by atoms with Crippen LogP contribution in [0.15, 0.2) is 54.9 Å². The Morgan fingerprint density at radius 1 is 1.11 bits per heavy atom. The molecule has 0 saturated heterocycles. The fourth-order valence-electron chi connectivity index (χ4n) is 2.03. The summed E-state index contributed by atoms with van der Waals surface area (Å²) in [6.07, 6.45) is 1.82. The van der Waals surface area contributed by atoms with Crippen molar-refractivity contribution >= 4 is 16.7 Å². The van der Waals surface area contributed by atoms with Crippen LogP contribution in [0.25, 0.3) is 15.9 Å². The van der Waals surface area contributed by atoms with Crippen LogP contribution in [0.2, 0.25) is 0 Å². The van der Waals surface area contributed by atoms with E-state index in [1.807, 2.05) is 42.7 Å². The summed E-state index contributed by atoms with van der Waals surface area (Å²) < 4.78 is 2.10. The zero-order valence-corrected chi connectivity index (χ0v) is 9.74. The van der Waals surface area contributed by atoms with Crippen LogP contribution >= 0.6 is 0 Å². The van der Waals surface area contributed by atoms with E-state index in [0.717, 1.165) is 17.6 Å². The molecule has 1 aromatic heterocycles. The number of fused-ring (bicyclic) bond motifs is 1. The maximum Gasteiger partial charge on any atom is 0.189 e. The fraction of sp³-hybridized carbons (Fsp3) is 0.0667. The summed E-state index contributed by atoms with van der Waals surface area (Å²) in [7, 11) is 0. The highest BCUT2D eigenvalue weighted by Gasteiger charge is 2.03. The predicted octanol–water partition coefficient (Wildman–Crippen LogP) is 3.64. The van der Waals surface area contributed by atoms with Gasteiger partial charge in [-0.3, -0.25) is 0 Å². The molecule has 0 spiro atoms. The standard InChI is InChI=1S/C15H11N3/c1-16-13-7-8-15-14(9-13)17-11-18(15)10-12-5-3-2-4-6-12/h2-9,11H,10H2. The maximum atomic E-state index is 7.00. The number of nitrogens with zero attached hydrogens (tertiary/aromatic N) is 3. The van der Waals surface area contributed by atoms with Gasteiger partial charge in [0.25, 0.3) is 0 Å². The van der Waals surface area contributed by atoms with Gasteiger partial charge in [0.15, 0.2) is 5.69 Å². The van der Waals surface area contributed by atoms with E-state index in [1.165, 1.54) is 5.56 Å². The van der Waals surface area contributed by atoms with E-state index in [-0.39, 0.29) is 0 Å². The van der Waals surface area contributed by atoms with Crippen LogP contribution in [-0.2, 0) is 6.54 Å². The topological polar surface area (TPSA) is 22.2 Å². The highest BCUT2D eigenvalue weighted by atomic mass is 15.0. The monoisotopic (exact) mass is 233 g/mol. The van der Waals surface area contributed by atoms with E-state index in [1.54, 1.807) is 0 Å². The number of benzene rings is 2. The number of imidazole rings is 1. The second-order valence-electron chi connectivity index (χ2n) is 4.14. The van der Waals surface area contributed by atoms with Gasteiger partial charge in [0.2, 0.25) is 0 Å². The third-order valence-electron chi connectivity index (χ3n) is 2.93. The molecular formula is C15H11N3. The zero-order chi connectivity index (χ0) is 12.4. The first-order valence-corrected chi connectivity index (χ1v) is 5.73. The molecule has 0 aliphatic heterocycles. The summed E-state index contributed by atoms with van der Waals surface area (Å²) in [5.41, 5.74) is 3.81. The molecule has 86 valence electrons. The molecule has 0 unspecified atom stereocenters. The molecule has 3 aromatic rings. The average Bonchev–Trinajstić information content (AvgIpc) is 2.82. The van der Waals surface area contributed by atoms with E-state index < -0.39 is 0 Å². The first kappa shape index (κ1) is 10.5. The van der Waals surface area contributed by atoms with E-state index in [9.17, 15) is 0 Å². The number of hydrogen-bond acceptors (Lipinski definition) is 1. The minimum absolute atomic E-state index is 0.632. The lowest BCUT2D eigenvalue weighted by atomic mass is 10.2. The summed E-state index contributed by atoms with van der Waals surface area (Å²) in [4.78, 5) is 7.76. The number of rotatable bonds is 2. The maximum absolute atomic E-state index is 7.00. The molecule has 0 aliphatic rings. The Morgan fingerprint density at radius 3 is 2.72 bits per heavy atom. The number of hydrogen-bond donors (Lipinski definition) is 0. The van der Waals surface area contributed by atoms with Crippen LogP contribution in [0.1, 0.15) is 5.56 Å². The van der Waals surface area contributed by atoms with Crippen molar-refractivity contribution in [1.29, 1.82) is 0 Å². The summed E-state index contributed by atoms with van der Waals surface area (Å²) in [5.74, 6) is 0. The predicted molar refractivity (Wildman–Crippen MR) is 71.5 cm³/mol. The quantitative estimate of drug-likeness (QED) is 0.619. The molecule has 1 heterocycles. The van der Waals surface area contributed by atoms with Crippen molar-refractivity contribution in [3.63, 3.8) is 0 Å². The van der Waals surface area contributed by atoms with Crippen molar-refractivity contribution in [2.45, 2.75) is 6.54 Å². The van der Waals surface area contributed by atoms with E-state index in [0.29, 0.717) is 5.69 Å². The van der Waals surface area contributed by atoms with Gasteiger partial charge in [-0.15, -0.1) is 0 Å². The minimum atomic E-state index is 0.632. The normalized spacial score (nSPS) is 10.4. The fourth-order valence-corrected chi connectivity index (χ4v) is 2.03. The molecule has 0 radical (unpaired) electrons. The van der Waals surface area contributed by atoms with Gasteiger partial charge >= 0.3 is 0 Å². The summed E-state index contributed by atoms with van der Waals surface area (Å²) >= 11 is 0. The Hall–Kier alpha value is -2.60. The van der Waals surface area contributed by atoms with Crippen molar-refractivity contribution < 1.29 is 0 Å². The molecule has 0 N–H and O–H groups in total. The van der Waals surface area contributed by atoms with Gasteiger partial charge in [-0.25, -0.2) is 9.83 Å². The van der Waals surface area contributed by atoms with Crippen molar-refractivity contribution in [1.82, 2.24) is 9.55 Å². The summed E-state index contributed by atoms with van der Waals surface area (Å²) in [6, 6.07) is 15.9. The van der Waals surface area contributed by atoms with Crippen molar-refractivity contribution in [2.24, 2.45) is 0 Å². The molecule has 0 aliphatic carbocycles.